The molecule has 1 aliphatic rings. The molecule has 0 atom stereocenters. The van der Waals surface area contributed by atoms with Crippen molar-refractivity contribution in [3.05, 3.63) is 22.6 Å². The van der Waals surface area contributed by atoms with Gasteiger partial charge in [-0.3, -0.25) is 9.69 Å². The number of furan rings is 1. The van der Waals surface area contributed by atoms with Crippen LogP contribution in [0.1, 0.15) is 17.0 Å². The van der Waals surface area contributed by atoms with Gasteiger partial charge in [0.2, 0.25) is 0 Å². The van der Waals surface area contributed by atoms with Gasteiger partial charge in [0.1, 0.15) is 0 Å². The van der Waals surface area contributed by atoms with Crippen molar-refractivity contribution in [3.63, 3.8) is 0 Å². The van der Waals surface area contributed by atoms with E-state index in [-0.39, 0.29) is 24.8 Å². The van der Waals surface area contributed by atoms with Crippen molar-refractivity contribution in [1.29, 1.82) is 0 Å². The highest BCUT2D eigenvalue weighted by molar-refractivity contribution is 9.10. The molecule has 4 nitrogen and oxygen atoms in total. The van der Waals surface area contributed by atoms with Crippen LogP contribution in [0.3, 0.4) is 0 Å². The predicted octanol–water partition coefficient (Wildman–Crippen LogP) is 2.75. The van der Waals surface area contributed by atoms with Crippen molar-refractivity contribution in [1.82, 2.24) is 9.80 Å². The summed E-state index contributed by atoms with van der Waals surface area (Å²) in [4.78, 5) is 15.0. The van der Waals surface area contributed by atoms with Gasteiger partial charge in [-0.15, -0.1) is 0 Å². The predicted molar refractivity (Wildman–Crippen MR) is 69.4 cm³/mol. The van der Waals surface area contributed by atoms with Gasteiger partial charge in [0.15, 0.2) is 10.4 Å². The molecule has 1 aromatic rings. The van der Waals surface area contributed by atoms with Crippen LogP contribution in [0.5, 0.6) is 0 Å². The molecule has 0 N–H and O–H groups in total. The molecule has 20 heavy (non-hydrogen) atoms. The molecule has 0 spiro atoms. The molecule has 112 valence electrons. The van der Waals surface area contributed by atoms with Gasteiger partial charge in [0.05, 0.1) is 6.54 Å². The number of nitrogens with zero attached hydrogens (tertiary/aromatic N) is 2. The summed E-state index contributed by atoms with van der Waals surface area (Å²) in [6.45, 7) is 0.332. The van der Waals surface area contributed by atoms with Crippen molar-refractivity contribution < 1.29 is 22.4 Å². The second-order valence-corrected chi connectivity index (χ2v) is 5.42. The number of amides is 1. The van der Waals surface area contributed by atoms with Gasteiger partial charge in [-0.25, -0.2) is 0 Å². The molecule has 1 amide bonds. The lowest BCUT2D eigenvalue weighted by molar-refractivity contribution is -0.145. The van der Waals surface area contributed by atoms with Crippen LogP contribution in [0.25, 0.3) is 0 Å². The van der Waals surface area contributed by atoms with E-state index in [1.165, 1.54) is 9.80 Å². The molecule has 1 aliphatic heterocycles. The fraction of sp³-hybridized carbons (Fsp3) is 0.583. The van der Waals surface area contributed by atoms with E-state index in [1.807, 2.05) is 0 Å². The van der Waals surface area contributed by atoms with E-state index in [1.54, 1.807) is 12.1 Å². The van der Waals surface area contributed by atoms with Crippen LogP contribution < -0.4 is 0 Å². The smallest absolute Gasteiger partial charge is 0.401 e. The van der Waals surface area contributed by atoms with Gasteiger partial charge in [-0.2, -0.15) is 13.2 Å². The summed E-state index contributed by atoms with van der Waals surface area (Å²) >= 11 is 3.11. The first-order valence-corrected chi connectivity index (χ1v) is 6.98. The number of carbonyl (C=O) groups is 1. The lowest BCUT2D eigenvalue weighted by Gasteiger charge is -2.22. The maximum Gasteiger partial charge on any atom is 0.401 e. The fourth-order valence-electron chi connectivity index (χ4n) is 2.17. The largest absolute Gasteiger partial charge is 0.444 e. The van der Waals surface area contributed by atoms with Gasteiger partial charge in [-0.1, -0.05) is 0 Å². The van der Waals surface area contributed by atoms with Crippen molar-refractivity contribution >= 4 is 21.8 Å². The third-order valence-electron chi connectivity index (χ3n) is 3.06. The Morgan fingerprint density at radius 3 is 2.60 bits per heavy atom. The molecule has 1 saturated heterocycles. The molecular formula is C12H14BrF3N2O2. The molecule has 0 aromatic carbocycles. The average Bonchev–Trinajstić information content (AvgIpc) is 2.64. The van der Waals surface area contributed by atoms with Gasteiger partial charge in [0.25, 0.3) is 5.91 Å². The van der Waals surface area contributed by atoms with Crippen LogP contribution in [0.4, 0.5) is 13.2 Å². The SMILES string of the molecule is O=C(c1ccc(Br)o1)N1CCCN(CC(F)(F)F)CC1. The zero-order chi connectivity index (χ0) is 14.8. The maximum atomic E-state index is 12.4. The zero-order valence-electron chi connectivity index (χ0n) is 10.6. The summed E-state index contributed by atoms with van der Waals surface area (Å²) in [5, 5.41) is 0. The van der Waals surface area contributed by atoms with E-state index >= 15 is 0 Å². The summed E-state index contributed by atoms with van der Waals surface area (Å²) in [6, 6.07) is 3.16. The summed E-state index contributed by atoms with van der Waals surface area (Å²) in [5.74, 6) is -0.0919. The Kier molecular flexibility index (Phi) is 4.74. The summed E-state index contributed by atoms with van der Waals surface area (Å²) in [5.41, 5.74) is 0. The Morgan fingerprint density at radius 2 is 2.00 bits per heavy atom. The lowest BCUT2D eigenvalue weighted by Crippen LogP contribution is -2.38. The van der Waals surface area contributed by atoms with Gasteiger partial charge in [0, 0.05) is 26.2 Å². The monoisotopic (exact) mass is 354 g/mol. The topological polar surface area (TPSA) is 36.7 Å². The Hall–Kier alpha value is -1.02. The van der Waals surface area contributed by atoms with E-state index in [4.69, 9.17) is 4.42 Å². The second kappa shape index (κ2) is 6.17. The van der Waals surface area contributed by atoms with Crippen LogP contribution >= 0.6 is 15.9 Å². The molecule has 8 heteroatoms. The highest BCUT2D eigenvalue weighted by Crippen LogP contribution is 2.19. The molecule has 0 unspecified atom stereocenters. The minimum Gasteiger partial charge on any atom is -0.444 e. The van der Waals surface area contributed by atoms with Crippen LogP contribution in [0, 0.1) is 0 Å². The Bertz CT molecular complexity index is 476. The standard InChI is InChI=1S/C12H14BrF3N2O2/c13-10-3-2-9(20-10)11(19)18-5-1-4-17(6-7-18)8-12(14,15)16/h2-3H,1,4-8H2. The van der Waals surface area contributed by atoms with Gasteiger partial charge < -0.3 is 9.32 Å². The first-order chi connectivity index (χ1) is 9.35. The number of hydrogen-bond acceptors (Lipinski definition) is 3. The van der Waals surface area contributed by atoms with Crippen molar-refractivity contribution in [2.75, 3.05) is 32.7 Å². The van der Waals surface area contributed by atoms with Crippen molar-refractivity contribution in [3.8, 4) is 0 Å². The molecule has 2 heterocycles. The summed E-state index contributed by atoms with van der Waals surface area (Å²) in [7, 11) is 0. The molecule has 0 bridgehead atoms. The Morgan fingerprint density at radius 1 is 1.25 bits per heavy atom. The van der Waals surface area contributed by atoms with E-state index < -0.39 is 12.7 Å². The quantitative estimate of drug-likeness (QED) is 0.819. The second-order valence-electron chi connectivity index (χ2n) is 4.64. The number of hydrogen-bond donors (Lipinski definition) is 0. The first kappa shape index (κ1) is 15.4. The van der Waals surface area contributed by atoms with E-state index in [9.17, 15) is 18.0 Å². The van der Waals surface area contributed by atoms with E-state index in [0.717, 1.165) is 0 Å². The Balaban J connectivity index is 1.94. The average molecular weight is 355 g/mol. The Labute approximate surface area is 122 Å². The molecule has 1 fully saturated rings. The van der Waals surface area contributed by atoms with Crippen LogP contribution in [0.2, 0.25) is 0 Å². The highest BCUT2D eigenvalue weighted by Gasteiger charge is 2.32. The minimum atomic E-state index is -4.20. The van der Waals surface area contributed by atoms with E-state index in [0.29, 0.717) is 24.2 Å². The molecule has 1 aromatic heterocycles. The third kappa shape index (κ3) is 4.24. The number of alkyl halides is 3. The summed E-state index contributed by atoms with van der Waals surface area (Å²) < 4.78 is 42.7. The molecule has 0 saturated carbocycles. The molecule has 0 aliphatic carbocycles. The van der Waals surface area contributed by atoms with E-state index in [2.05, 4.69) is 15.9 Å². The van der Waals surface area contributed by atoms with Gasteiger partial charge >= 0.3 is 6.18 Å². The number of carbonyl (C=O) groups excluding carboxylic acids is 1. The van der Waals surface area contributed by atoms with Gasteiger partial charge in [-0.05, 0) is 34.5 Å². The summed E-state index contributed by atoms with van der Waals surface area (Å²) in [6.07, 6.45) is -3.69. The van der Waals surface area contributed by atoms with Crippen LogP contribution in [-0.2, 0) is 0 Å². The fourth-order valence-corrected chi connectivity index (χ4v) is 2.48. The van der Waals surface area contributed by atoms with Crippen LogP contribution in [0.15, 0.2) is 21.2 Å². The minimum absolute atomic E-state index is 0.196. The first-order valence-electron chi connectivity index (χ1n) is 6.19. The molecule has 2 rings (SSSR count). The number of rotatable bonds is 2. The molecular weight excluding hydrogens is 341 g/mol. The van der Waals surface area contributed by atoms with Crippen molar-refractivity contribution in [2.45, 2.75) is 12.6 Å². The highest BCUT2D eigenvalue weighted by atomic mass is 79.9. The van der Waals surface area contributed by atoms with Crippen LogP contribution in [-0.4, -0.2) is 54.6 Å². The molecule has 0 radical (unpaired) electrons. The van der Waals surface area contributed by atoms with Crippen molar-refractivity contribution in [2.24, 2.45) is 0 Å². The lowest BCUT2D eigenvalue weighted by atomic mass is 10.3. The third-order valence-corrected chi connectivity index (χ3v) is 3.49. The number of halogens is 4. The zero-order valence-corrected chi connectivity index (χ0v) is 12.2. The normalized spacial score (nSPS) is 18.1. The maximum absolute atomic E-state index is 12.4.